The maximum Gasteiger partial charge on any atom is 0.337 e. The predicted molar refractivity (Wildman–Crippen MR) is 151 cm³/mol. The van der Waals surface area contributed by atoms with Crippen molar-refractivity contribution in [3.63, 3.8) is 0 Å². The van der Waals surface area contributed by atoms with Crippen LogP contribution in [-0.2, 0) is 27.5 Å². The summed E-state index contributed by atoms with van der Waals surface area (Å²) in [5, 5.41) is 67.2. The van der Waals surface area contributed by atoms with Gasteiger partial charge in [0, 0.05) is 24.3 Å². The molecular weight excluding hydrogens is 590 g/mol. The topological polar surface area (TPSA) is 263 Å². The molecule has 17 nitrogen and oxygen atoms in total. The van der Waals surface area contributed by atoms with E-state index in [9.17, 15) is 45.0 Å². The Kier molecular flexibility index (Phi) is 13.1. The first-order chi connectivity index (χ1) is 20.4. The maximum absolute atomic E-state index is 11.5. The molecule has 0 radical (unpaired) electrons. The largest absolute Gasteiger partial charge is 0.502 e. The molecule has 0 aliphatic rings. The highest BCUT2D eigenvalue weighted by Crippen LogP contribution is 2.28. The quantitative estimate of drug-likeness (QED) is 0.163. The van der Waals surface area contributed by atoms with Crippen molar-refractivity contribution in [2.45, 2.75) is 34.0 Å². The molecule has 0 spiro atoms. The number of aromatic hydroxyl groups is 3. The molecule has 0 unspecified atom stereocenters. The molecule has 0 heterocycles. The van der Waals surface area contributed by atoms with Crippen molar-refractivity contribution in [3.05, 3.63) is 102 Å². The zero-order valence-corrected chi connectivity index (χ0v) is 23.8. The highest BCUT2D eigenvalue weighted by Gasteiger charge is 2.23. The van der Waals surface area contributed by atoms with Gasteiger partial charge in [-0.1, -0.05) is 0 Å². The summed E-state index contributed by atoms with van der Waals surface area (Å²) >= 11 is 0. The van der Waals surface area contributed by atoms with E-state index < -0.39 is 49.1 Å². The lowest BCUT2D eigenvalue weighted by atomic mass is 9.97. The van der Waals surface area contributed by atoms with Gasteiger partial charge in [0.2, 0.25) is 0 Å². The van der Waals surface area contributed by atoms with Crippen LogP contribution in [0.4, 0.5) is 17.1 Å². The third-order valence-corrected chi connectivity index (χ3v) is 5.23. The summed E-state index contributed by atoms with van der Waals surface area (Å²) in [6, 6.07) is 10.8. The molecule has 3 aromatic rings. The van der Waals surface area contributed by atoms with E-state index in [1.165, 1.54) is 37.4 Å². The number of hydrogen-bond donors (Lipinski definition) is 4. The highest BCUT2D eigenvalue weighted by atomic mass is 16.6. The molecule has 0 saturated heterocycles. The van der Waals surface area contributed by atoms with E-state index in [0.717, 1.165) is 24.3 Å². The number of nitrogens with zero attached hydrogens (tertiary/aromatic N) is 3. The maximum atomic E-state index is 11.5. The number of nitro groups is 3. The van der Waals surface area contributed by atoms with Crippen LogP contribution in [0.5, 0.6) is 17.2 Å². The number of esters is 2. The molecule has 0 aliphatic heterocycles. The molecule has 236 valence electrons. The van der Waals surface area contributed by atoms with Gasteiger partial charge in [-0.05, 0) is 62.2 Å². The lowest BCUT2D eigenvalue weighted by Crippen LogP contribution is -2.22. The summed E-state index contributed by atoms with van der Waals surface area (Å²) < 4.78 is 9.40. The molecule has 0 atom stereocenters. The molecule has 0 fully saturated rings. The summed E-state index contributed by atoms with van der Waals surface area (Å²) in [7, 11) is 1.18. The Labute approximate surface area is 249 Å². The number of nitro benzene ring substituents is 3. The van der Waals surface area contributed by atoms with Gasteiger partial charge >= 0.3 is 29.0 Å². The second-order valence-corrected chi connectivity index (χ2v) is 9.60. The van der Waals surface area contributed by atoms with E-state index >= 15 is 0 Å². The zero-order valence-electron chi connectivity index (χ0n) is 23.8. The number of phenols is 3. The number of carbonyl (C=O) groups excluding carboxylic acids is 2. The van der Waals surface area contributed by atoms with Crippen molar-refractivity contribution in [2.75, 3.05) is 7.11 Å². The second-order valence-electron chi connectivity index (χ2n) is 9.60. The molecule has 4 N–H and O–H groups in total. The van der Waals surface area contributed by atoms with Gasteiger partial charge in [-0.3, -0.25) is 35.1 Å². The van der Waals surface area contributed by atoms with Crippen LogP contribution in [0.3, 0.4) is 0 Å². The van der Waals surface area contributed by atoms with Gasteiger partial charge in [0.1, 0.15) is 6.61 Å². The van der Waals surface area contributed by atoms with Gasteiger partial charge in [-0.25, -0.2) is 4.79 Å². The fourth-order valence-electron chi connectivity index (χ4n) is 2.92. The Hall–Kier alpha value is -5.84. The number of ether oxygens (including phenoxy) is 2. The van der Waals surface area contributed by atoms with E-state index in [2.05, 4.69) is 4.74 Å². The normalized spacial score (nSPS) is 10.2. The number of hydrogen-bond acceptors (Lipinski definition) is 14. The number of aliphatic hydroxyl groups is 1. The van der Waals surface area contributed by atoms with Crippen LogP contribution in [0.15, 0.2) is 54.6 Å². The summed E-state index contributed by atoms with van der Waals surface area (Å²) in [4.78, 5) is 51.3. The van der Waals surface area contributed by atoms with E-state index in [4.69, 9.17) is 20.1 Å². The summed E-state index contributed by atoms with van der Waals surface area (Å²) in [5.74, 6) is -2.45. The van der Waals surface area contributed by atoms with Gasteiger partial charge in [-0.2, -0.15) is 0 Å². The number of methoxy groups -OCH3 is 1. The molecule has 3 aromatic carbocycles. The summed E-state index contributed by atoms with van der Waals surface area (Å²) in [5.41, 5.74) is -0.779. The van der Waals surface area contributed by atoms with Crippen molar-refractivity contribution in [3.8, 4) is 17.2 Å². The van der Waals surface area contributed by atoms with Crippen molar-refractivity contribution < 1.29 is 54.3 Å². The molecule has 0 aliphatic carbocycles. The van der Waals surface area contributed by atoms with E-state index in [1.807, 2.05) is 0 Å². The first-order valence-electron chi connectivity index (χ1n) is 12.2. The standard InChI is InChI=1S/C12H15NO5.C8H7NO5.C7H7NO4/c1-12(2,3)11(15)18-7-8-4-5-9(13(16)17)10(14)6-8;1-14-8(11)5-2-3-6(9(12)13)7(10)4-5;9-4-5-1-2-6(8(11)12)7(10)3-5/h4-6,14H,7H2,1-3H3;2-4,10H,1H3;1-3,9-10H,4H2. The third-order valence-electron chi connectivity index (χ3n) is 5.23. The monoisotopic (exact) mass is 619 g/mol. The van der Waals surface area contributed by atoms with E-state index in [-0.39, 0.29) is 36.1 Å². The molecule has 0 aromatic heterocycles. The van der Waals surface area contributed by atoms with Crippen LogP contribution in [0.1, 0.15) is 42.3 Å². The Morgan fingerprint density at radius 3 is 1.50 bits per heavy atom. The van der Waals surface area contributed by atoms with Crippen LogP contribution in [0, 0.1) is 35.8 Å². The summed E-state index contributed by atoms with van der Waals surface area (Å²) in [6.45, 7) is 4.90. The van der Waals surface area contributed by atoms with E-state index in [1.54, 1.807) is 20.8 Å². The Morgan fingerprint density at radius 2 is 1.14 bits per heavy atom. The van der Waals surface area contributed by atoms with Crippen molar-refractivity contribution in [1.29, 1.82) is 0 Å². The average Bonchev–Trinajstić information content (AvgIpc) is 2.94. The Bertz CT molecular complexity index is 1530. The summed E-state index contributed by atoms with van der Waals surface area (Å²) in [6.07, 6.45) is 0. The van der Waals surface area contributed by atoms with Crippen molar-refractivity contribution in [1.82, 2.24) is 0 Å². The van der Waals surface area contributed by atoms with Gasteiger partial charge in [0.05, 0.1) is 39.5 Å². The minimum absolute atomic E-state index is 0.0261. The number of phenolic OH excluding ortho intramolecular Hbond substituents is 3. The lowest BCUT2D eigenvalue weighted by Gasteiger charge is -2.16. The molecule has 0 saturated carbocycles. The SMILES string of the molecule is CC(C)(C)C(=O)OCc1ccc([N+](=O)[O-])c(O)c1.COC(=O)c1ccc([N+](=O)[O-])c(O)c1.O=[N+]([O-])c1ccc(CO)cc1O. The van der Waals surface area contributed by atoms with Crippen LogP contribution in [-0.4, -0.2) is 54.2 Å². The molecular formula is C27H29N3O14. The highest BCUT2D eigenvalue weighted by molar-refractivity contribution is 5.90. The minimum atomic E-state index is -0.740. The van der Waals surface area contributed by atoms with Crippen LogP contribution >= 0.6 is 0 Å². The fourth-order valence-corrected chi connectivity index (χ4v) is 2.92. The first-order valence-corrected chi connectivity index (χ1v) is 12.2. The molecule has 3 rings (SSSR count). The number of aliphatic hydroxyl groups excluding tert-OH is 1. The number of rotatable bonds is 7. The molecule has 44 heavy (non-hydrogen) atoms. The molecule has 17 heteroatoms. The first kappa shape index (κ1) is 36.2. The molecule has 0 bridgehead atoms. The van der Waals surface area contributed by atoms with Crippen molar-refractivity contribution in [2.24, 2.45) is 5.41 Å². The van der Waals surface area contributed by atoms with Crippen LogP contribution < -0.4 is 0 Å². The van der Waals surface area contributed by atoms with Gasteiger partial charge in [0.25, 0.3) is 0 Å². The van der Waals surface area contributed by atoms with Gasteiger partial charge in [-0.15, -0.1) is 0 Å². The molecule has 0 amide bonds. The Balaban J connectivity index is 0.000000337. The number of carbonyl (C=O) groups is 2. The Morgan fingerprint density at radius 1 is 0.727 bits per heavy atom. The predicted octanol–water partition coefficient (Wildman–Crippen LogP) is 4.27. The minimum Gasteiger partial charge on any atom is -0.502 e. The van der Waals surface area contributed by atoms with E-state index in [0.29, 0.717) is 11.1 Å². The second kappa shape index (κ2) is 16.0. The third kappa shape index (κ3) is 10.9. The average molecular weight is 620 g/mol. The van der Waals surface area contributed by atoms with Crippen LogP contribution in [0.25, 0.3) is 0 Å². The fraction of sp³-hybridized carbons (Fsp3) is 0.259. The smallest absolute Gasteiger partial charge is 0.337 e. The van der Waals surface area contributed by atoms with Crippen molar-refractivity contribution >= 4 is 29.0 Å². The van der Waals surface area contributed by atoms with Gasteiger partial charge < -0.3 is 29.9 Å². The van der Waals surface area contributed by atoms with Crippen LogP contribution in [0.2, 0.25) is 0 Å². The number of benzene rings is 3. The lowest BCUT2D eigenvalue weighted by molar-refractivity contribution is -0.386. The van der Waals surface area contributed by atoms with Gasteiger partial charge in [0.15, 0.2) is 17.2 Å². The zero-order chi connectivity index (χ0) is 33.8.